The molecule has 1 aliphatic heterocycles. The molecular formula is C20H19ClN2O3. The van der Waals surface area contributed by atoms with Gasteiger partial charge in [0.25, 0.3) is 5.91 Å². The van der Waals surface area contributed by atoms with E-state index >= 15 is 0 Å². The summed E-state index contributed by atoms with van der Waals surface area (Å²) in [5, 5.41) is 10.9. The Hall–Kier alpha value is -2.66. The van der Waals surface area contributed by atoms with E-state index in [1.807, 2.05) is 30.0 Å². The number of hydrogen-bond donors (Lipinski definition) is 1. The lowest BCUT2D eigenvalue weighted by molar-refractivity contribution is 0.0716. The number of aromatic hydroxyl groups is 1. The molecule has 3 aromatic rings. The van der Waals surface area contributed by atoms with Crippen LogP contribution in [0.1, 0.15) is 16.1 Å². The minimum absolute atomic E-state index is 0.0832. The van der Waals surface area contributed by atoms with Gasteiger partial charge in [0.15, 0.2) is 5.76 Å². The van der Waals surface area contributed by atoms with Crippen molar-refractivity contribution in [3.63, 3.8) is 0 Å². The molecule has 1 aliphatic rings. The number of hydrogen-bond acceptors (Lipinski definition) is 4. The van der Waals surface area contributed by atoms with Gasteiger partial charge < -0.3 is 19.3 Å². The molecular weight excluding hydrogens is 352 g/mol. The molecule has 1 amide bonds. The van der Waals surface area contributed by atoms with E-state index in [9.17, 15) is 9.90 Å². The third-order valence-corrected chi connectivity index (χ3v) is 5.11. The Morgan fingerprint density at radius 3 is 2.46 bits per heavy atom. The number of phenols is 1. The van der Waals surface area contributed by atoms with E-state index in [1.165, 1.54) is 0 Å². The van der Waals surface area contributed by atoms with Gasteiger partial charge >= 0.3 is 0 Å². The molecule has 26 heavy (non-hydrogen) atoms. The lowest BCUT2D eigenvalue weighted by Crippen LogP contribution is -2.48. The summed E-state index contributed by atoms with van der Waals surface area (Å²) in [5.74, 6) is 0.559. The molecule has 4 rings (SSSR count). The van der Waals surface area contributed by atoms with Gasteiger partial charge in [-0.25, -0.2) is 0 Å². The van der Waals surface area contributed by atoms with E-state index in [0.717, 1.165) is 29.7 Å². The predicted molar refractivity (Wildman–Crippen MR) is 102 cm³/mol. The van der Waals surface area contributed by atoms with Gasteiger partial charge in [-0.15, -0.1) is 0 Å². The largest absolute Gasteiger partial charge is 0.508 e. The van der Waals surface area contributed by atoms with Crippen molar-refractivity contribution in [1.29, 1.82) is 0 Å². The smallest absolute Gasteiger partial charge is 0.290 e. The van der Waals surface area contributed by atoms with Crippen LogP contribution < -0.4 is 4.90 Å². The second-order valence-corrected chi connectivity index (χ2v) is 6.93. The zero-order valence-electron chi connectivity index (χ0n) is 14.4. The number of nitrogens with zero attached hydrogens (tertiary/aromatic N) is 2. The molecule has 0 spiro atoms. The topological polar surface area (TPSA) is 56.9 Å². The van der Waals surface area contributed by atoms with Crippen LogP contribution in [-0.2, 0) is 0 Å². The third-order valence-electron chi connectivity index (χ3n) is 4.87. The van der Waals surface area contributed by atoms with Crippen LogP contribution in [0, 0.1) is 6.92 Å². The molecule has 0 atom stereocenters. The highest BCUT2D eigenvalue weighted by Crippen LogP contribution is 2.29. The molecule has 1 N–H and O–H groups in total. The summed E-state index contributed by atoms with van der Waals surface area (Å²) in [6, 6.07) is 12.5. The first-order valence-electron chi connectivity index (χ1n) is 8.55. The number of phenolic OH excluding ortho intramolecular Hbond substituents is 1. The quantitative estimate of drug-likeness (QED) is 0.739. The van der Waals surface area contributed by atoms with E-state index in [-0.39, 0.29) is 11.7 Å². The molecule has 0 aliphatic carbocycles. The van der Waals surface area contributed by atoms with Crippen molar-refractivity contribution in [3.8, 4) is 5.75 Å². The molecule has 5 nitrogen and oxygen atoms in total. The highest BCUT2D eigenvalue weighted by atomic mass is 35.5. The zero-order valence-corrected chi connectivity index (χ0v) is 15.2. The van der Waals surface area contributed by atoms with Gasteiger partial charge in [-0.2, -0.15) is 0 Å². The Kier molecular flexibility index (Phi) is 4.24. The fourth-order valence-electron chi connectivity index (χ4n) is 3.37. The van der Waals surface area contributed by atoms with Crippen molar-refractivity contribution in [2.24, 2.45) is 0 Å². The zero-order chi connectivity index (χ0) is 18.3. The van der Waals surface area contributed by atoms with Crippen LogP contribution in [0.25, 0.3) is 11.0 Å². The second-order valence-electron chi connectivity index (χ2n) is 6.49. The second kappa shape index (κ2) is 6.57. The molecule has 134 valence electrons. The maximum atomic E-state index is 12.9. The van der Waals surface area contributed by atoms with Crippen molar-refractivity contribution in [2.45, 2.75) is 6.92 Å². The van der Waals surface area contributed by atoms with Crippen molar-refractivity contribution < 1.29 is 14.3 Å². The minimum Gasteiger partial charge on any atom is -0.508 e. The Balaban J connectivity index is 1.50. The average molecular weight is 371 g/mol. The van der Waals surface area contributed by atoms with Crippen LogP contribution in [0.2, 0.25) is 5.02 Å². The molecule has 6 heteroatoms. The molecule has 1 fully saturated rings. The number of carbonyl (C=O) groups excluding carboxylic acids is 1. The van der Waals surface area contributed by atoms with E-state index in [0.29, 0.717) is 29.5 Å². The molecule has 0 unspecified atom stereocenters. The SMILES string of the molecule is Cc1c(C(=O)N2CCN(c3ccc(O)cc3)CC2)oc2ccc(Cl)cc12. The number of amides is 1. The van der Waals surface area contributed by atoms with E-state index in [1.54, 1.807) is 24.3 Å². The third kappa shape index (κ3) is 2.99. The number of halogens is 1. The molecule has 0 saturated carbocycles. The first-order chi connectivity index (χ1) is 12.5. The highest BCUT2D eigenvalue weighted by molar-refractivity contribution is 6.31. The molecule has 0 radical (unpaired) electrons. The normalized spacial score (nSPS) is 14.8. The average Bonchev–Trinajstić information content (AvgIpc) is 2.98. The van der Waals surface area contributed by atoms with Gasteiger partial charge in [0.2, 0.25) is 0 Å². The maximum Gasteiger partial charge on any atom is 0.290 e. The van der Waals surface area contributed by atoms with E-state index in [4.69, 9.17) is 16.0 Å². The van der Waals surface area contributed by atoms with Gasteiger partial charge in [-0.1, -0.05) is 11.6 Å². The number of piperazine rings is 1. The van der Waals surface area contributed by atoms with Gasteiger partial charge in [-0.3, -0.25) is 4.79 Å². The summed E-state index contributed by atoms with van der Waals surface area (Å²) in [5.41, 5.74) is 2.55. The maximum absolute atomic E-state index is 12.9. The number of fused-ring (bicyclic) bond motifs is 1. The van der Waals surface area contributed by atoms with Crippen LogP contribution in [-0.4, -0.2) is 42.1 Å². The molecule has 1 saturated heterocycles. The van der Waals surface area contributed by atoms with Crippen LogP contribution in [0.15, 0.2) is 46.9 Å². The van der Waals surface area contributed by atoms with Crippen molar-refractivity contribution in [3.05, 3.63) is 58.8 Å². The number of benzene rings is 2. The molecule has 2 heterocycles. The summed E-state index contributed by atoms with van der Waals surface area (Å²) in [4.78, 5) is 16.9. The Morgan fingerprint density at radius 2 is 1.77 bits per heavy atom. The van der Waals surface area contributed by atoms with Gasteiger partial charge in [0.05, 0.1) is 0 Å². The summed E-state index contributed by atoms with van der Waals surface area (Å²) >= 11 is 6.05. The molecule has 0 bridgehead atoms. The summed E-state index contributed by atoms with van der Waals surface area (Å²) in [7, 11) is 0. The van der Waals surface area contributed by atoms with Crippen molar-refractivity contribution >= 4 is 34.2 Å². The van der Waals surface area contributed by atoms with Crippen LogP contribution in [0.4, 0.5) is 5.69 Å². The van der Waals surface area contributed by atoms with E-state index in [2.05, 4.69) is 4.90 Å². The first-order valence-corrected chi connectivity index (χ1v) is 8.92. The van der Waals surface area contributed by atoms with Crippen LogP contribution in [0.3, 0.4) is 0 Å². The fraction of sp³-hybridized carbons (Fsp3) is 0.250. The van der Waals surface area contributed by atoms with Crippen LogP contribution >= 0.6 is 11.6 Å². The summed E-state index contributed by atoms with van der Waals surface area (Å²) < 4.78 is 5.80. The number of furan rings is 1. The van der Waals surface area contributed by atoms with Gasteiger partial charge in [0.1, 0.15) is 11.3 Å². The number of aryl methyl sites for hydroxylation is 1. The minimum atomic E-state index is -0.0832. The molecule has 1 aromatic heterocycles. The standard InChI is InChI=1S/C20H19ClN2O3/c1-13-17-12-14(21)2-7-18(17)26-19(13)20(25)23-10-8-22(9-11-23)15-3-5-16(24)6-4-15/h2-7,12,24H,8-11H2,1H3. The van der Waals surface area contributed by atoms with Crippen LogP contribution in [0.5, 0.6) is 5.75 Å². The first kappa shape index (κ1) is 16.8. The van der Waals surface area contributed by atoms with Gasteiger partial charge in [-0.05, 0) is 49.4 Å². The highest BCUT2D eigenvalue weighted by Gasteiger charge is 2.26. The van der Waals surface area contributed by atoms with Crippen molar-refractivity contribution in [2.75, 3.05) is 31.1 Å². The number of carbonyl (C=O) groups is 1. The van der Waals surface area contributed by atoms with Crippen molar-refractivity contribution in [1.82, 2.24) is 4.90 Å². The lowest BCUT2D eigenvalue weighted by atomic mass is 10.1. The Bertz CT molecular complexity index is 957. The van der Waals surface area contributed by atoms with E-state index < -0.39 is 0 Å². The number of anilines is 1. The lowest BCUT2D eigenvalue weighted by Gasteiger charge is -2.35. The monoisotopic (exact) mass is 370 g/mol. The van der Waals surface area contributed by atoms with Gasteiger partial charge in [0, 0.05) is 47.8 Å². The number of rotatable bonds is 2. The fourth-order valence-corrected chi connectivity index (χ4v) is 3.54. The summed E-state index contributed by atoms with van der Waals surface area (Å²) in [6.07, 6.45) is 0. The summed E-state index contributed by atoms with van der Waals surface area (Å²) in [6.45, 7) is 4.61. The Morgan fingerprint density at radius 1 is 1.08 bits per heavy atom. The Labute approximate surface area is 156 Å². The molecule has 2 aromatic carbocycles. The predicted octanol–water partition coefficient (Wildman–Crippen LogP) is 4.06.